The van der Waals surface area contributed by atoms with Crippen molar-refractivity contribution in [1.29, 1.82) is 0 Å². The molecule has 1 atom stereocenters. The van der Waals surface area contributed by atoms with Crippen LogP contribution in [0.1, 0.15) is 24.2 Å². The molecule has 0 spiro atoms. The summed E-state index contributed by atoms with van der Waals surface area (Å²) in [6, 6.07) is 4.03. The second-order valence-electron chi connectivity index (χ2n) is 4.25. The molecule has 7 heteroatoms. The predicted molar refractivity (Wildman–Crippen MR) is 75.7 cm³/mol. The zero-order chi connectivity index (χ0) is 16.0. The lowest BCUT2D eigenvalue weighted by molar-refractivity contribution is -0.126. The first-order valence-electron chi connectivity index (χ1n) is 6.27. The Kier molecular flexibility index (Phi) is 5.71. The first-order chi connectivity index (χ1) is 9.88. The molecule has 21 heavy (non-hydrogen) atoms. The molecule has 0 aliphatic carbocycles. The molecule has 0 heterocycles. The smallest absolute Gasteiger partial charge is 0.321 e. The lowest BCUT2D eigenvalue weighted by atomic mass is 10.1. The van der Waals surface area contributed by atoms with Gasteiger partial charge in [0.05, 0.1) is 7.11 Å². The number of ether oxygens (including phenoxy) is 2. The maximum absolute atomic E-state index is 11.7. The summed E-state index contributed by atoms with van der Waals surface area (Å²) < 4.78 is 10.6. The Morgan fingerprint density at radius 1 is 1.19 bits per heavy atom. The van der Waals surface area contributed by atoms with Gasteiger partial charge in [0, 0.05) is 12.6 Å². The highest BCUT2D eigenvalue weighted by Gasteiger charge is 2.19. The van der Waals surface area contributed by atoms with Crippen LogP contribution in [0, 0.1) is 0 Å². The average Bonchev–Trinajstić information content (AvgIpc) is 2.46. The minimum atomic E-state index is -0.903. The van der Waals surface area contributed by atoms with E-state index in [1.807, 2.05) is 0 Å². The molecule has 3 amide bonds. The highest BCUT2D eigenvalue weighted by atomic mass is 16.5. The number of amides is 3. The van der Waals surface area contributed by atoms with E-state index in [4.69, 9.17) is 9.47 Å². The molecular weight excluding hydrogens is 276 g/mol. The van der Waals surface area contributed by atoms with Crippen molar-refractivity contribution in [1.82, 2.24) is 10.6 Å². The Bertz CT molecular complexity index is 556. The van der Waals surface area contributed by atoms with Crippen LogP contribution in [-0.4, -0.2) is 38.0 Å². The molecule has 0 radical (unpaired) electrons. The van der Waals surface area contributed by atoms with Crippen molar-refractivity contribution >= 4 is 17.7 Å². The number of hydrogen-bond donors (Lipinski definition) is 2. The van der Waals surface area contributed by atoms with Crippen LogP contribution in [0.5, 0.6) is 11.5 Å². The number of Topliss-reactive ketones (excluding diaryl/α,β-unsaturated/α-hetero) is 1. The Labute approximate surface area is 122 Å². The predicted octanol–water partition coefficient (Wildman–Crippen LogP) is 1.12. The van der Waals surface area contributed by atoms with Gasteiger partial charge in [-0.25, -0.2) is 4.79 Å². The van der Waals surface area contributed by atoms with E-state index in [2.05, 4.69) is 10.6 Å². The summed E-state index contributed by atoms with van der Waals surface area (Å²) in [7, 11) is 2.83. The summed E-state index contributed by atoms with van der Waals surface area (Å²) in [5.41, 5.74) is 0.474. The van der Waals surface area contributed by atoms with Crippen LogP contribution < -0.4 is 20.1 Å². The minimum Gasteiger partial charge on any atom is -0.493 e. The van der Waals surface area contributed by atoms with Crippen LogP contribution in [0.25, 0.3) is 0 Å². The molecule has 0 saturated carbocycles. The van der Waals surface area contributed by atoms with Gasteiger partial charge in [-0.3, -0.25) is 14.9 Å². The third-order valence-electron chi connectivity index (χ3n) is 2.71. The van der Waals surface area contributed by atoms with E-state index in [1.165, 1.54) is 34.1 Å². The molecule has 1 rings (SSSR count). The number of ketones is 1. The average molecular weight is 294 g/mol. The monoisotopic (exact) mass is 294 g/mol. The van der Waals surface area contributed by atoms with Gasteiger partial charge in [0.1, 0.15) is 0 Å². The van der Waals surface area contributed by atoms with Crippen molar-refractivity contribution < 1.29 is 23.9 Å². The maximum Gasteiger partial charge on any atom is 0.321 e. The van der Waals surface area contributed by atoms with Crippen molar-refractivity contribution in [3.05, 3.63) is 23.8 Å². The second kappa shape index (κ2) is 7.28. The molecule has 114 valence electrons. The Balaban J connectivity index is 2.84. The maximum atomic E-state index is 11.7. The normalized spacial score (nSPS) is 11.2. The molecular formula is C14H18N2O5. The molecule has 0 aliphatic heterocycles. The van der Waals surface area contributed by atoms with Gasteiger partial charge in [0.2, 0.25) is 0 Å². The van der Waals surface area contributed by atoms with E-state index in [0.29, 0.717) is 17.1 Å². The van der Waals surface area contributed by atoms with Gasteiger partial charge in [-0.05, 0) is 32.0 Å². The van der Waals surface area contributed by atoms with Crippen molar-refractivity contribution in [2.24, 2.45) is 0 Å². The molecule has 0 bridgehead atoms. The molecule has 1 aromatic rings. The number of methoxy groups -OCH3 is 1. The fourth-order valence-corrected chi connectivity index (χ4v) is 1.50. The number of nitrogens with one attached hydrogen (secondary N) is 2. The lowest BCUT2D eigenvalue weighted by Crippen LogP contribution is -2.44. The van der Waals surface area contributed by atoms with Crippen LogP contribution in [0.3, 0.4) is 0 Å². The second-order valence-corrected chi connectivity index (χ2v) is 4.25. The topological polar surface area (TPSA) is 93.7 Å². The molecule has 0 saturated heterocycles. The number of hydrogen-bond acceptors (Lipinski definition) is 5. The van der Waals surface area contributed by atoms with E-state index in [9.17, 15) is 14.4 Å². The SMILES string of the molecule is CNC(=O)NC(=O)[C@H](C)Oc1ccc(C(C)=O)cc1OC. The van der Waals surface area contributed by atoms with Gasteiger partial charge in [-0.15, -0.1) is 0 Å². The number of rotatable bonds is 5. The number of imide groups is 1. The van der Waals surface area contributed by atoms with Crippen molar-refractivity contribution in [2.45, 2.75) is 20.0 Å². The Morgan fingerprint density at radius 2 is 1.86 bits per heavy atom. The van der Waals surface area contributed by atoms with Crippen LogP contribution in [0.2, 0.25) is 0 Å². The largest absolute Gasteiger partial charge is 0.493 e. The zero-order valence-corrected chi connectivity index (χ0v) is 12.4. The van der Waals surface area contributed by atoms with E-state index in [-0.39, 0.29) is 5.78 Å². The van der Waals surface area contributed by atoms with Gasteiger partial charge in [-0.1, -0.05) is 0 Å². The summed E-state index contributed by atoms with van der Waals surface area (Å²) >= 11 is 0. The van der Waals surface area contributed by atoms with E-state index < -0.39 is 18.0 Å². The first-order valence-corrected chi connectivity index (χ1v) is 6.27. The van der Waals surface area contributed by atoms with Gasteiger partial charge in [0.25, 0.3) is 5.91 Å². The van der Waals surface area contributed by atoms with E-state index >= 15 is 0 Å². The summed E-state index contributed by atoms with van der Waals surface area (Å²) in [5.74, 6) is -0.0540. The van der Waals surface area contributed by atoms with Crippen LogP contribution in [0.4, 0.5) is 4.79 Å². The molecule has 0 aliphatic rings. The highest BCUT2D eigenvalue weighted by molar-refractivity contribution is 5.96. The van der Waals surface area contributed by atoms with E-state index in [0.717, 1.165) is 0 Å². The van der Waals surface area contributed by atoms with Gasteiger partial charge in [0.15, 0.2) is 23.4 Å². The number of urea groups is 1. The fraction of sp³-hybridized carbons (Fsp3) is 0.357. The molecule has 0 fully saturated rings. The zero-order valence-electron chi connectivity index (χ0n) is 12.4. The molecule has 2 N–H and O–H groups in total. The van der Waals surface area contributed by atoms with Gasteiger partial charge < -0.3 is 14.8 Å². The number of benzene rings is 1. The Morgan fingerprint density at radius 3 is 2.38 bits per heavy atom. The van der Waals surface area contributed by atoms with Crippen molar-refractivity contribution in [2.75, 3.05) is 14.2 Å². The standard InChI is InChI=1S/C14H18N2O5/c1-8(17)10-5-6-11(12(7-10)20-4)21-9(2)13(18)16-14(19)15-3/h5-7,9H,1-4H3,(H2,15,16,18,19)/t9-/m0/s1. The van der Waals surface area contributed by atoms with Crippen LogP contribution in [-0.2, 0) is 4.79 Å². The van der Waals surface area contributed by atoms with Crippen LogP contribution in [0.15, 0.2) is 18.2 Å². The number of carbonyl (C=O) groups is 3. The van der Waals surface area contributed by atoms with Gasteiger partial charge >= 0.3 is 6.03 Å². The van der Waals surface area contributed by atoms with Crippen molar-refractivity contribution in [3.63, 3.8) is 0 Å². The first kappa shape index (κ1) is 16.5. The van der Waals surface area contributed by atoms with E-state index in [1.54, 1.807) is 12.1 Å². The fourth-order valence-electron chi connectivity index (χ4n) is 1.50. The molecule has 7 nitrogen and oxygen atoms in total. The lowest BCUT2D eigenvalue weighted by Gasteiger charge is -2.16. The summed E-state index contributed by atoms with van der Waals surface area (Å²) in [6.45, 7) is 2.94. The summed E-state index contributed by atoms with van der Waals surface area (Å²) in [6.07, 6.45) is -0.903. The molecule has 0 aromatic heterocycles. The highest BCUT2D eigenvalue weighted by Crippen LogP contribution is 2.29. The third kappa shape index (κ3) is 4.48. The summed E-state index contributed by atoms with van der Waals surface area (Å²) in [4.78, 5) is 34.1. The molecule has 1 aromatic carbocycles. The Hall–Kier alpha value is -2.57. The minimum absolute atomic E-state index is 0.106. The summed E-state index contributed by atoms with van der Waals surface area (Å²) in [5, 5.41) is 4.38. The third-order valence-corrected chi connectivity index (χ3v) is 2.71. The van der Waals surface area contributed by atoms with Crippen molar-refractivity contribution in [3.8, 4) is 11.5 Å². The van der Waals surface area contributed by atoms with Crippen LogP contribution >= 0.6 is 0 Å². The number of carbonyl (C=O) groups excluding carboxylic acids is 3. The van der Waals surface area contributed by atoms with Gasteiger partial charge in [-0.2, -0.15) is 0 Å². The molecule has 0 unspecified atom stereocenters. The quantitative estimate of drug-likeness (QED) is 0.794.